The largest absolute Gasteiger partial charge is 0.371 e. The average Bonchev–Trinajstić information content (AvgIpc) is 2.78. The standard InChI is InChI=1S/C13H17NS/c1-2-8-14(9-3-1)12-5-4-6-13-11(12)7-10-15-13/h4-6H,1-3,7-10H2. The molecule has 0 aromatic heterocycles. The zero-order valence-corrected chi connectivity index (χ0v) is 9.85. The van der Waals surface area contributed by atoms with Gasteiger partial charge in [-0.2, -0.15) is 0 Å². The first-order chi connectivity index (χ1) is 7.45. The molecule has 2 heteroatoms. The van der Waals surface area contributed by atoms with Crippen molar-refractivity contribution in [1.82, 2.24) is 0 Å². The van der Waals surface area contributed by atoms with Gasteiger partial charge in [0.2, 0.25) is 0 Å². The summed E-state index contributed by atoms with van der Waals surface area (Å²) in [4.78, 5) is 4.12. The molecular weight excluding hydrogens is 202 g/mol. The van der Waals surface area contributed by atoms with Gasteiger partial charge in [-0.15, -0.1) is 11.8 Å². The molecule has 15 heavy (non-hydrogen) atoms. The number of thioether (sulfide) groups is 1. The van der Waals surface area contributed by atoms with Crippen LogP contribution in [0.4, 0.5) is 5.69 Å². The van der Waals surface area contributed by atoms with Gasteiger partial charge in [-0.25, -0.2) is 0 Å². The highest BCUT2D eigenvalue weighted by atomic mass is 32.2. The summed E-state index contributed by atoms with van der Waals surface area (Å²) in [5.74, 6) is 1.28. The van der Waals surface area contributed by atoms with Crippen molar-refractivity contribution in [2.24, 2.45) is 0 Å². The lowest BCUT2D eigenvalue weighted by Crippen LogP contribution is -2.30. The highest BCUT2D eigenvalue weighted by Gasteiger charge is 2.19. The number of fused-ring (bicyclic) bond motifs is 1. The predicted molar refractivity (Wildman–Crippen MR) is 66.9 cm³/mol. The molecule has 0 amide bonds. The Bertz CT molecular complexity index is 356. The summed E-state index contributed by atoms with van der Waals surface area (Å²) in [5.41, 5.74) is 3.14. The van der Waals surface area contributed by atoms with E-state index < -0.39 is 0 Å². The van der Waals surface area contributed by atoms with Gasteiger partial charge in [0.1, 0.15) is 0 Å². The molecule has 0 aliphatic carbocycles. The molecule has 0 spiro atoms. The molecule has 0 N–H and O–H groups in total. The van der Waals surface area contributed by atoms with Crippen LogP contribution in [-0.4, -0.2) is 18.8 Å². The van der Waals surface area contributed by atoms with Gasteiger partial charge in [-0.1, -0.05) is 6.07 Å². The van der Waals surface area contributed by atoms with Crippen molar-refractivity contribution < 1.29 is 0 Å². The summed E-state index contributed by atoms with van der Waals surface area (Å²) in [6.45, 7) is 2.53. The van der Waals surface area contributed by atoms with Crippen LogP contribution in [0.2, 0.25) is 0 Å². The summed E-state index contributed by atoms with van der Waals surface area (Å²) in [7, 11) is 0. The molecular formula is C13H17NS. The van der Waals surface area contributed by atoms with Crippen LogP contribution in [0.3, 0.4) is 0 Å². The van der Waals surface area contributed by atoms with Crippen molar-refractivity contribution >= 4 is 17.4 Å². The number of nitrogens with zero attached hydrogens (tertiary/aromatic N) is 1. The molecule has 2 heterocycles. The highest BCUT2D eigenvalue weighted by molar-refractivity contribution is 7.99. The van der Waals surface area contributed by atoms with Crippen LogP contribution in [0.5, 0.6) is 0 Å². The monoisotopic (exact) mass is 219 g/mol. The van der Waals surface area contributed by atoms with E-state index in [1.165, 1.54) is 55.1 Å². The van der Waals surface area contributed by atoms with Crippen molar-refractivity contribution in [1.29, 1.82) is 0 Å². The first kappa shape index (κ1) is 9.59. The molecule has 1 nitrogen and oxygen atoms in total. The molecule has 1 saturated heterocycles. The van der Waals surface area contributed by atoms with E-state index in [-0.39, 0.29) is 0 Å². The number of piperidine rings is 1. The van der Waals surface area contributed by atoms with Crippen LogP contribution in [0, 0.1) is 0 Å². The Hall–Kier alpha value is -0.630. The third-order valence-electron chi connectivity index (χ3n) is 3.41. The number of anilines is 1. The zero-order valence-electron chi connectivity index (χ0n) is 9.04. The molecule has 1 aromatic rings. The van der Waals surface area contributed by atoms with Crippen molar-refractivity contribution in [3.8, 4) is 0 Å². The van der Waals surface area contributed by atoms with Crippen molar-refractivity contribution in [3.63, 3.8) is 0 Å². The Morgan fingerprint density at radius 1 is 1.07 bits per heavy atom. The summed E-state index contributed by atoms with van der Waals surface area (Å²) in [6.07, 6.45) is 5.43. The molecule has 3 rings (SSSR count). The van der Waals surface area contributed by atoms with E-state index >= 15 is 0 Å². The maximum atomic E-state index is 2.59. The van der Waals surface area contributed by atoms with Gasteiger partial charge in [0.25, 0.3) is 0 Å². The quantitative estimate of drug-likeness (QED) is 0.713. The topological polar surface area (TPSA) is 3.24 Å². The van der Waals surface area contributed by atoms with Crippen molar-refractivity contribution in [2.45, 2.75) is 30.6 Å². The molecule has 0 radical (unpaired) electrons. The fourth-order valence-electron chi connectivity index (χ4n) is 2.63. The molecule has 0 saturated carbocycles. The molecule has 1 aromatic carbocycles. The normalized spacial score (nSPS) is 20.4. The fraction of sp³-hybridized carbons (Fsp3) is 0.538. The van der Waals surface area contributed by atoms with E-state index in [0.717, 1.165) is 0 Å². The Balaban J connectivity index is 1.93. The third-order valence-corrected chi connectivity index (χ3v) is 4.52. The van der Waals surface area contributed by atoms with E-state index in [9.17, 15) is 0 Å². The summed E-state index contributed by atoms with van der Waals surface area (Å²) < 4.78 is 0. The lowest BCUT2D eigenvalue weighted by molar-refractivity contribution is 0.576. The minimum absolute atomic E-state index is 1.27. The Labute approximate surface area is 95.9 Å². The lowest BCUT2D eigenvalue weighted by atomic mass is 10.1. The van der Waals surface area contributed by atoms with Gasteiger partial charge < -0.3 is 4.90 Å². The number of hydrogen-bond donors (Lipinski definition) is 0. The summed E-state index contributed by atoms with van der Waals surface area (Å²) >= 11 is 2.02. The van der Waals surface area contributed by atoms with Crippen LogP contribution in [0.1, 0.15) is 24.8 Å². The van der Waals surface area contributed by atoms with Gasteiger partial charge in [-0.05, 0) is 43.4 Å². The van der Waals surface area contributed by atoms with Crippen LogP contribution < -0.4 is 4.90 Å². The number of hydrogen-bond acceptors (Lipinski definition) is 2. The summed E-state index contributed by atoms with van der Waals surface area (Å²) in [5, 5.41) is 0. The van der Waals surface area contributed by atoms with E-state index in [2.05, 4.69) is 23.1 Å². The fourth-order valence-corrected chi connectivity index (χ4v) is 3.72. The maximum Gasteiger partial charge on any atom is 0.0410 e. The average molecular weight is 219 g/mol. The smallest absolute Gasteiger partial charge is 0.0410 e. The van der Waals surface area contributed by atoms with Crippen LogP contribution >= 0.6 is 11.8 Å². The first-order valence-corrected chi connectivity index (χ1v) is 6.93. The molecule has 2 aliphatic rings. The van der Waals surface area contributed by atoms with E-state index in [1.807, 2.05) is 11.8 Å². The van der Waals surface area contributed by atoms with E-state index in [4.69, 9.17) is 0 Å². The van der Waals surface area contributed by atoms with Gasteiger partial charge in [0.15, 0.2) is 0 Å². The Morgan fingerprint density at radius 2 is 1.93 bits per heavy atom. The third kappa shape index (κ3) is 1.76. The van der Waals surface area contributed by atoms with Crippen LogP contribution in [0.15, 0.2) is 23.1 Å². The Morgan fingerprint density at radius 3 is 2.80 bits per heavy atom. The first-order valence-electron chi connectivity index (χ1n) is 5.95. The van der Waals surface area contributed by atoms with Gasteiger partial charge in [0.05, 0.1) is 0 Å². The van der Waals surface area contributed by atoms with Gasteiger partial charge >= 0.3 is 0 Å². The summed E-state index contributed by atoms with van der Waals surface area (Å²) in [6, 6.07) is 6.82. The lowest BCUT2D eigenvalue weighted by Gasteiger charge is -2.30. The van der Waals surface area contributed by atoms with Crippen LogP contribution in [0.25, 0.3) is 0 Å². The second kappa shape index (κ2) is 4.09. The van der Waals surface area contributed by atoms with Crippen LogP contribution in [-0.2, 0) is 6.42 Å². The highest BCUT2D eigenvalue weighted by Crippen LogP contribution is 2.38. The van der Waals surface area contributed by atoms with Gasteiger partial charge in [0, 0.05) is 29.4 Å². The second-order valence-electron chi connectivity index (χ2n) is 4.40. The van der Waals surface area contributed by atoms with E-state index in [1.54, 1.807) is 5.56 Å². The minimum Gasteiger partial charge on any atom is -0.371 e. The van der Waals surface area contributed by atoms with Crippen molar-refractivity contribution in [2.75, 3.05) is 23.7 Å². The molecule has 0 atom stereocenters. The van der Waals surface area contributed by atoms with Gasteiger partial charge in [-0.3, -0.25) is 0 Å². The minimum atomic E-state index is 1.27. The maximum absolute atomic E-state index is 2.59. The molecule has 0 bridgehead atoms. The molecule has 80 valence electrons. The van der Waals surface area contributed by atoms with E-state index in [0.29, 0.717) is 0 Å². The number of rotatable bonds is 1. The predicted octanol–water partition coefficient (Wildman–Crippen LogP) is 3.33. The number of benzene rings is 1. The van der Waals surface area contributed by atoms with Crippen molar-refractivity contribution in [3.05, 3.63) is 23.8 Å². The molecule has 1 fully saturated rings. The molecule has 2 aliphatic heterocycles. The SMILES string of the molecule is c1cc2c(c(N3CCCCC3)c1)CCS2. The Kier molecular flexibility index (Phi) is 2.61. The second-order valence-corrected chi connectivity index (χ2v) is 5.54. The molecule has 0 unspecified atom stereocenters. The zero-order chi connectivity index (χ0) is 10.1.